The average Bonchev–Trinajstić information content (AvgIpc) is 2.64. The highest BCUT2D eigenvalue weighted by molar-refractivity contribution is 14.0. The first-order valence-corrected chi connectivity index (χ1v) is 11.7. The van der Waals surface area contributed by atoms with Crippen molar-refractivity contribution in [3.8, 4) is 5.88 Å². The Balaban J connectivity index is 0.00000392. The summed E-state index contributed by atoms with van der Waals surface area (Å²) in [4.78, 5) is 8.53. The highest BCUT2D eigenvalue weighted by Gasteiger charge is 2.15. The lowest BCUT2D eigenvalue weighted by Crippen LogP contribution is -2.42. The zero-order valence-corrected chi connectivity index (χ0v) is 20.1. The number of aliphatic imine (C=N–C) groups is 1. The van der Waals surface area contributed by atoms with E-state index in [9.17, 15) is 8.42 Å². The van der Waals surface area contributed by atoms with Crippen molar-refractivity contribution < 1.29 is 13.2 Å². The standard InChI is InChI=1S/C19H32N4O3S.HI/c1-15(10-12-27(3,24)25)23-19(20-2)22-14-16-9-11-21-18(13-16)26-17-7-5-4-6-8-17;/h9,11,13,15,17H,4-8,10,12,14H2,1-3H3,(H2,20,22,23);1H. The highest BCUT2D eigenvalue weighted by Crippen LogP contribution is 2.22. The molecule has 1 atom stereocenters. The minimum atomic E-state index is -2.96. The summed E-state index contributed by atoms with van der Waals surface area (Å²) in [7, 11) is -1.26. The summed E-state index contributed by atoms with van der Waals surface area (Å²) in [5, 5.41) is 6.47. The van der Waals surface area contributed by atoms with Gasteiger partial charge in [-0.25, -0.2) is 13.4 Å². The Morgan fingerprint density at radius 1 is 1.36 bits per heavy atom. The fourth-order valence-corrected chi connectivity index (χ4v) is 3.84. The topological polar surface area (TPSA) is 92.7 Å². The second kappa shape index (κ2) is 12.5. The van der Waals surface area contributed by atoms with Gasteiger partial charge in [-0.2, -0.15) is 0 Å². The molecule has 0 amide bonds. The molecule has 0 aromatic carbocycles. The van der Waals surface area contributed by atoms with Crippen LogP contribution >= 0.6 is 24.0 Å². The maximum absolute atomic E-state index is 11.3. The van der Waals surface area contributed by atoms with E-state index >= 15 is 0 Å². The number of aromatic nitrogens is 1. The van der Waals surface area contributed by atoms with Crippen LogP contribution in [0.15, 0.2) is 23.3 Å². The zero-order chi connectivity index (χ0) is 19.7. The van der Waals surface area contributed by atoms with Gasteiger partial charge >= 0.3 is 0 Å². The van der Waals surface area contributed by atoms with Crippen LogP contribution in [0, 0.1) is 0 Å². The maximum Gasteiger partial charge on any atom is 0.213 e. The third-order valence-corrected chi connectivity index (χ3v) is 5.60. The molecule has 0 spiro atoms. The van der Waals surface area contributed by atoms with Crippen molar-refractivity contribution in [2.24, 2.45) is 4.99 Å². The maximum atomic E-state index is 11.3. The van der Waals surface area contributed by atoms with Crippen LogP contribution in [-0.2, 0) is 16.4 Å². The number of pyridine rings is 1. The monoisotopic (exact) mass is 524 g/mol. The highest BCUT2D eigenvalue weighted by atomic mass is 127. The van der Waals surface area contributed by atoms with Crippen molar-refractivity contribution >= 4 is 39.8 Å². The number of guanidine groups is 1. The predicted molar refractivity (Wildman–Crippen MR) is 124 cm³/mol. The number of sulfone groups is 1. The molecule has 1 saturated carbocycles. The van der Waals surface area contributed by atoms with Gasteiger partial charge in [-0.3, -0.25) is 4.99 Å². The van der Waals surface area contributed by atoms with E-state index in [2.05, 4.69) is 20.6 Å². The molecule has 0 aliphatic heterocycles. The molecule has 0 bridgehead atoms. The molecule has 2 rings (SSSR count). The zero-order valence-electron chi connectivity index (χ0n) is 17.0. The van der Waals surface area contributed by atoms with E-state index in [0.717, 1.165) is 18.4 Å². The fourth-order valence-electron chi connectivity index (χ4n) is 3.06. The Labute approximate surface area is 186 Å². The van der Waals surface area contributed by atoms with Gasteiger partial charge in [0, 0.05) is 38.2 Å². The van der Waals surface area contributed by atoms with Gasteiger partial charge in [-0.15, -0.1) is 24.0 Å². The summed E-state index contributed by atoms with van der Waals surface area (Å²) in [6.45, 7) is 2.53. The van der Waals surface area contributed by atoms with Gasteiger partial charge in [0.1, 0.15) is 15.9 Å². The second-order valence-electron chi connectivity index (χ2n) is 7.27. The number of hydrogen-bond donors (Lipinski definition) is 2. The number of halogens is 1. The third kappa shape index (κ3) is 9.90. The number of rotatable bonds is 8. The molecule has 0 saturated heterocycles. The van der Waals surface area contributed by atoms with Crippen LogP contribution < -0.4 is 15.4 Å². The van der Waals surface area contributed by atoms with Gasteiger partial charge in [0.05, 0.1) is 5.75 Å². The lowest BCUT2D eigenvalue weighted by molar-refractivity contribution is 0.148. The molecule has 1 fully saturated rings. The van der Waals surface area contributed by atoms with Crippen molar-refractivity contribution in [3.63, 3.8) is 0 Å². The van der Waals surface area contributed by atoms with Crippen LogP contribution in [0.1, 0.15) is 51.0 Å². The van der Waals surface area contributed by atoms with Gasteiger partial charge < -0.3 is 15.4 Å². The number of nitrogens with zero attached hydrogens (tertiary/aromatic N) is 2. The van der Waals surface area contributed by atoms with E-state index < -0.39 is 9.84 Å². The second-order valence-corrected chi connectivity index (χ2v) is 9.53. The minimum absolute atomic E-state index is 0. The van der Waals surface area contributed by atoms with Crippen LogP contribution in [-0.4, -0.2) is 50.6 Å². The third-order valence-electron chi connectivity index (χ3n) is 4.63. The Kier molecular flexibility index (Phi) is 11.1. The lowest BCUT2D eigenvalue weighted by Gasteiger charge is -2.22. The Hall–Kier alpha value is -1.10. The summed E-state index contributed by atoms with van der Waals surface area (Å²) < 4.78 is 28.6. The molecule has 1 aromatic rings. The van der Waals surface area contributed by atoms with E-state index in [1.807, 2.05) is 19.1 Å². The smallest absolute Gasteiger partial charge is 0.213 e. The van der Waals surface area contributed by atoms with E-state index in [1.54, 1.807) is 13.2 Å². The van der Waals surface area contributed by atoms with Gasteiger partial charge in [0.2, 0.25) is 5.88 Å². The average molecular weight is 524 g/mol. The Morgan fingerprint density at radius 2 is 2.07 bits per heavy atom. The Bertz CT molecular complexity index is 722. The predicted octanol–water partition coefficient (Wildman–Crippen LogP) is 2.90. The lowest BCUT2D eigenvalue weighted by atomic mass is 9.98. The van der Waals surface area contributed by atoms with Crippen LogP contribution in [0.2, 0.25) is 0 Å². The van der Waals surface area contributed by atoms with Crippen LogP contribution in [0.4, 0.5) is 0 Å². The Morgan fingerprint density at radius 3 is 2.71 bits per heavy atom. The molecular formula is C19H33IN4O3S. The summed E-state index contributed by atoms with van der Waals surface area (Å²) in [5.41, 5.74) is 1.06. The van der Waals surface area contributed by atoms with Gasteiger partial charge in [-0.1, -0.05) is 6.42 Å². The fraction of sp³-hybridized carbons (Fsp3) is 0.684. The molecule has 1 aliphatic carbocycles. The van der Waals surface area contributed by atoms with Gasteiger partial charge in [0.25, 0.3) is 0 Å². The SMILES string of the molecule is CN=C(NCc1ccnc(OC2CCCCC2)c1)NC(C)CCS(C)(=O)=O.I. The van der Waals surface area contributed by atoms with Crippen LogP contribution in [0.25, 0.3) is 0 Å². The molecule has 0 radical (unpaired) electrons. The summed E-state index contributed by atoms with van der Waals surface area (Å²) in [6.07, 6.45) is 9.79. The summed E-state index contributed by atoms with van der Waals surface area (Å²) in [6, 6.07) is 3.91. The van der Waals surface area contributed by atoms with Crippen molar-refractivity contribution in [1.29, 1.82) is 0 Å². The number of hydrogen-bond acceptors (Lipinski definition) is 5. The first-order chi connectivity index (χ1) is 12.9. The van der Waals surface area contributed by atoms with E-state index in [0.29, 0.717) is 24.8 Å². The molecule has 1 unspecified atom stereocenters. The molecule has 9 heteroatoms. The molecule has 1 aliphatic rings. The molecule has 2 N–H and O–H groups in total. The van der Waals surface area contributed by atoms with Gasteiger partial charge in [0.15, 0.2) is 5.96 Å². The van der Waals surface area contributed by atoms with Crippen LogP contribution in [0.3, 0.4) is 0 Å². The van der Waals surface area contributed by atoms with Crippen molar-refractivity contribution in [1.82, 2.24) is 15.6 Å². The molecule has 7 nitrogen and oxygen atoms in total. The van der Waals surface area contributed by atoms with E-state index in [1.165, 1.54) is 25.5 Å². The number of ether oxygens (including phenoxy) is 1. The van der Waals surface area contributed by atoms with E-state index in [4.69, 9.17) is 4.74 Å². The molecule has 1 heterocycles. The minimum Gasteiger partial charge on any atom is -0.474 e. The van der Waals surface area contributed by atoms with Crippen molar-refractivity contribution in [3.05, 3.63) is 23.9 Å². The van der Waals surface area contributed by atoms with E-state index in [-0.39, 0.29) is 41.9 Å². The van der Waals surface area contributed by atoms with Crippen molar-refractivity contribution in [2.75, 3.05) is 19.1 Å². The van der Waals surface area contributed by atoms with Crippen LogP contribution in [0.5, 0.6) is 5.88 Å². The normalized spacial score (nSPS) is 16.8. The molecular weight excluding hydrogens is 491 g/mol. The quantitative estimate of drug-likeness (QED) is 0.309. The summed E-state index contributed by atoms with van der Waals surface area (Å²) >= 11 is 0. The summed E-state index contributed by atoms with van der Waals surface area (Å²) in [5.74, 6) is 1.47. The first kappa shape index (κ1) is 24.9. The largest absolute Gasteiger partial charge is 0.474 e. The van der Waals surface area contributed by atoms with Gasteiger partial charge in [-0.05, 0) is 50.7 Å². The first-order valence-electron chi connectivity index (χ1n) is 9.62. The molecule has 28 heavy (non-hydrogen) atoms. The van der Waals surface area contributed by atoms with Crippen molar-refractivity contribution in [2.45, 2.75) is 64.1 Å². The number of nitrogens with one attached hydrogen (secondary N) is 2. The molecule has 160 valence electrons. The molecule has 1 aromatic heterocycles.